The van der Waals surface area contributed by atoms with Gasteiger partial charge in [0.2, 0.25) is 0 Å². The average molecular weight is 308 g/mol. The molecule has 1 fully saturated rings. The van der Waals surface area contributed by atoms with Crippen molar-refractivity contribution >= 4 is 27.5 Å². The maximum absolute atomic E-state index is 13.8. The topological polar surface area (TPSA) is 15.3 Å². The van der Waals surface area contributed by atoms with Crippen LogP contribution in [-0.4, -0.2) is 31.1 Å². The van der Waals surface area contributed by atoms with Crippen molar-refractivity contribution < 1.29 is 4.39 Å². The molecule has 2 rings (SSSR count). The SMILES string of the molecule is Fc1c(Br)ccc(Cl)c1CN1CCNCC1. The van der Waals surface area contributed by atoms with Crippen molar-refractivity contribution in [1.29, 1.82) is 0 Å². The first-order valence-electron chi connectivity index (χ1n) is 5.24. The fraction of sp³-hybridized carbons (Fsp3) is 0.455. The van der Waals surface area contributed by atoms with Crippen LogP contribution in [0.25, 0.3) is 0 Å². The van der Waals surface area contributed by atoms with Gasteiger partial charge in [0.05, 0.1) is 4.47 Å². The van der Waals surface area contributed by atoms with Gasteiger partial charge in [0.25, 0.3) is 0 Å². The van der Waals surface area contributed by atoms with Crippen LogP contribution in [0.15, 0.2) is 16.6 Å². The molecule has 1 saturated heterocycles. The predicted molar refractivity (Wildman–Crippen MR) is 67.3 cm³/mol. The van der Waals surface area contributed by atoms with E-state index in [4.69, 9.17) is 11.6 Å². The van der Waals surface area contributed by atoms with Crippen LogP contribution in [0.5, 0.6) is 0 Å². The van der Waals surface area contributed by atoms with E-state index in [9.17, 15) is 4.39 Å². The fourth-order valence-electron chi connectivity index (χ4n) is 1.81. The Labute approximate surface area is 108 Å². The lowest BCUT2D eigenvalue weighted by Crippen LogP contribution is -2.43. The Hall–Kier alpha value is -0.160. The molecule has 0 bridgehead atoms. The summed E-state index contributed by atoms with van der Waals surface area (Å²) >= 11 is 9.20. The minimum Gasteiger partial charge on any atom is -0.314 e. The number of halogens is 3. The second-order valence-electron chi connectivity index (χ2n) is 3.85. The summed E-state index contributed by atoms with van der Waals surface area (Å²) in [6.45, 7) is 4.34. The van der Waals surface area contributed by atoms with Crippen LogP contribution in [0.3, 0.4) is 0 Å². The largest absolute Gasteiger partial charge is 0.314 e. The van der Waals surface area contributed by atoms with E-state index < -0.39 is 0 Å². The summed E-state index contributed by atoms with van der Waals surface area (Å²) in [6.07, 6.45) is 0. The van der Waals surface area contributed by atoms with Crippen molar-refractivity contribution in [2.45, 2.75) is 6.54 Å². The highest BCUT2D eigenvalue weighted by molar-refractivity contribution is 9.10. The molecular formula is C11H13BrClFN2. The molecule has 0 amide bonds. The Balaban J connectivity index is 2.16. The van der Waals surface area contributed by atoms with Gasteiger partial charge >= 0.3 is 0 Å². The predicted octanol–water partition coefficient (Wildman–Crippen LogP) is 2.65. The quantitative estimate of drug-likeness (QED) is 0.845. The van der Waals surface area contributed by atoms with Crippen LogP contribution in [-0.2, 0) is 6.54 Å². The minimum absolute atomic E-state index is 0.244. The Kier molecular flexibility index (Phi) is 4.19. The number of rotatable bonds is 2. The summed E-state index contributed by atoms with van der Waals surface area (Å²) in [6, 6.07) is 3.37. The van der Waals surface area contributed by atoms with Gasteiger partial charge in [-0.3, -0.25) is 4.90 Å². The molecule has 0 aliphatic carbocycles. The van der Waals surface area contributed by atoms with Gasteiger partial charge in [-0.05, 0) is 28.1 Å². The van der Waals surface area contributed by atoms with E-state index in [0.29, 0.717) is 21.6 Å². The van der Waals surface area contributed by atoms with Crippen LogP contribution in [0.1, 0.15) is 5.56 Å². The molecule has 0 radical (unpaired) electrons. The minimum atomic E-state index is -0.244. The van der Waals surface area contributed by atoms with Crippen molar-refractivity contribution in [3.63, 3.8) is 0 Å². The molecule has 1 aromatic carbocycles. The van der Waals surface area contributed by atoms with Crippen molar-refractivity contribution in [3.8, 4) is 0 Å². The van der Waals surface area contributed by atoms with E-state index >= 15 is 0 Å². The van der Waals surface area contributed by atoms with E-state index in [1.165, 1.54) is 0 Å². The van der Waals surface area contributed by atoms with Crippen LogP contribution in [0.4, 0.5) is 4.39 Å². The normalized spacial score (nSPS) is 17.7. The molecule has 88 valence electrons. The summed E-state index contributed by atoms with van der Waals surface area (Å²) in [7, 11) is 0. The zero-order chi connectivity index (χ0) is 11.5. The van der Waals surface area contributed by atoms with E-state index in [1.807, 2.05) is 0 Å². The molecular weight excluding hydrogens is 294 g/mol. The van der Waals surface area contributed by atoms with Gasteiger partial charge in [-0.1, -0.05) is 11.6 Å². The molecule has 0 spiro atoms. The molecule has 0 unspecified atom stereocenters. The Morgan fingerprint density at radius 2 is 2.06 bits per heavy atom. The summed E-state index contributed by atoms with van der Waals surface area (Å²) < 4.78 is 14.3. The molecule has 2 nitrogen and oxygen atoms in total. The second-order valence-corrected chi connectivity index (χ2v) is 5.11. The second kappa shape index (κ2) is 5.45. The molecule has 0 atom stereocenters. The van der Waals surface area contributed by atoms with Crippen molar-refractivity contribution in [2.24, 2.45) is 0 Å². The average Bonchev–Trinajstić information content (AvgIpc) is 2.31. The third kappa shape index (κ3) is 2.74. The summed E-state index contributed by atoms with van der Waals surface area (Å²) in [4.78, 5) is 2.20. The van der Waals surface area contributed by atoms with E-state index in [2.05, 4.69) is 26.1 Å². The molecule has 1 N–H and O–H groups in total. The fourth-order valence-corrected chi connectivity index (χ4v) is 2.38. The van der Waals surface area contributed by atoms with Gasteiger partial charge < -0.3 is 5.32 Å². The lowest BCUT2D eigenvalue weighted by atomic mass is 10.2. The highest BCUT2D eigenvalue weighted by atomic mass is 79.9. The number of benzene rings is 1. The van der Waals surface area contributed by atoms with Crippen LogP contribution >= 0.6 is 27.5 Å². The number of hydrogen-bond acceptors (Lipinski definition) is 2. The summed E-state index contributed by atoms with van der Waals surface area (Å²) in [5.74, 6) is -0.244. The lowest BCUT2D eigenvalue weighted by molar-refractivity contribution is 0.230. The third-order valence-electron chi connectivity index (χ3n) is 2.73. The Morgan fingerprint density at radius 3 is 2.75 bits per heavy atom. The number of nitrogens with one attached hydrogen (secondary N) is 1. The standard InChI is InChI=1S/C11H13BrClFN2/c12-9-1-2-10(13)8(11(9)14)7-16-5-3-15-4-6-16/h1-2,15H,3-7H2. The first-order valence-corrected chi connectivity index (χ1v) is 6.41. The van der Waals surface area contributed by atoms with Crippen molar-refractivity contribution in [3.05, 3.63) is 33.0 Å². The Bertz CT molecular complexity index is 380. The molecule has 0 aromatic heterocycles. The van der Waals surface area contributed by atoms with Crippen LogP contribution in [0.2, 0.25) is 5.02 Å². The highest BCUT2D eigenvalue weighted by Gasteiger charge is 2.16. The zero-order valence-electron chi connectivity index (χ0n) is 8.77. The van der Waals surface area contributed by atoms with Gasteiger partial charge in [0.1, 0.15) is 5.82 Å². The molecule has 1 heterocycles. The number of piperazine rings is 1. The first kappa shape index (κ1) is 12.3. The zero-order valence-corrected chi connectivity index (χ0v) is 11.1. The maximum Gasteiger partial charge on any atom is 0.143 e. The molecule has 1 aliphatic rings. The summed E-state index contributed by atoms with van der Waals surface area (Å²) in [5, 5.41) is 3.76. The molecule has 1 aliphatic heterocycles. The van der Waals surface area contributed by atoms with Crippen molar-refractivity contribution in [1.82, 2.24) is 10.2 Å². The molecule has 16 heavy (non-hydrogen) atoms. The van der Waals surface area contributed by atoms with Crippen LogP contribution in [0, 0.1) is 5.82 Å². The van der Waals surface area contributed by atoms with Gasteiger partial charge in [0, 0.05) is 43.3 Å². The number of nitrogens with zero attached hydrogens (tertiary/aromatic N) is 1. The molecule has 5 heteroatoms. The highest BCUT2D eigenvalue weighted by Crippen LogP contribution is 2.27. The Morgan fingerprint density at radius 1 is 1.38 bits per heavy atom. The van der Waals surface area contributed by atoms with E-state index in [-0.39, 0.29) is 5.82 Å². The van der Waals surface area contributed by atoms with E-state index in [1.54, 1.807) is 12.1 Å². The lowest BCUT2D eigenvalue weighted by Gasteiger charge is -2.27. The monoisotopic (exact) mass is 306 g/mol. The van der Waals surface area contributed by atoms with Gasteiger partial charge in [-0.25, -0.2) is 4.39 Å². The smallest absolute Gasteiger partial charge is 0.143 e. The van der Waals surface area contributed by atoms with Gasteiger partial charge in [0.15, 0.2) is 0 Å². The number of hydrogen-bond donors (Lipinski definition) is 1. The van der Waals surface area contributed by atoms with E-state index in [0.717, 1.165) is 26.2 Å². The van der Waals surface area contributed by atoms with Crippen molar-refractivity contribution in [2.75, 3.05) is 26.2 Å². The first-order chi connectivity index (χ1) is 7.68. The molecule has 0 saturated carbocycles. The van der Waals surface area contributed by atoms with Gasteiger partial charge in [-0.2, -0.15) is 0 Å². The maximum atomic E-state index is 13.8. The van der Waals surface area contributed by atoms with Gasteiger partial charge in [-0.15, -0.1) is 0 Å². The van der Waals surface area contributed by atoms with Crippen LogP contribution < -0.4 is 5.32 Å². The third-order valence-corrected chi connectivity index (χ3v) is 3.70. The molecule has 1 aromatic rings. The summed E-state index contributed by atoms with van der Waals surface area (Å²) in [5.41, 5.74) is 0.581.